The van der Waals surface area contributed by atoms with Crippen molar-refractivity contribution in [1.82, 2.24) is 14.7 Å². The zero-order valence-electron chi connectivity index (χ0n) is 38.2. The van der Waals surface area contributed by atoms with Gasteiger partial charge in [0.2, 0.25) is 0 Å². The van der Waals surface area contributed by atoms with Gasteiger partial charge in [-0.05, 0) is 70.4 Å². The predicted molar refractivity (Wildman–Crippen MR) is 241 cm³/mol. The molecule has 0 aliphatic heterocycles. The Bertz CT molecular complexity index is 1310. The van der Waals surface area contributed by atoms with Gasteiger partial charge >= 0.3 is 19.5 Å². The van der Waals surface area contributed by atoms with Gasteiger partial charge in [-0.15, -0.1) is 0 Å². The molecule has 4 atom stereocenters. The first-order valence-electron chi connectivity index (χ1n) is 23.2. The number of likely N-dealkylation sites (N-methyl/N-ethyl adjacent to an activating group) is 3. The van der Waals surface area contributed by atoms with Gasteiger partial charge in [-0.25, -0.2) is 0 Å². The number of aliphatic hydroxyl groups excluding tert-OH is 1. The van der Waals surface area contributed by atoms with Gasteiger partial charge in [0.25, 0.3) is 0 Å². The lowest BCUT2D eigenvalue weighted by atomic mass is 9.87. The van der Waals surface area contributed by atoms with Crippen molar-refractivity contribution >= 4 is 24.8 Å². The smallest absolute Gasteiger partial charge is 0.361 e. The van der Waals surface area contributed by atoms with E-state index in [0.29, 0.717) is 55.7 Å². The topological polar surface area (TPSA) is 140 Å². The minimum atomic E-state index is -3.61. The summed E-state index contributed by atoms with van der Waals surface area (Å²) in [5.41, 5.74) is 0.949. The Balaban J connectivity index is 2.00. The number of carboxylic acid groups (broad SMARTS) is 2. The number of benzene rings is 1. The average Bonchev–Trinajstić information content (AvgIpc) is 3.18. The third-order valence-corrected chi connectivity index (χ3v) is 13.9. The van der Waals surface area contributed by atoms with Crippen LogP contribution in [0.3, 0.4) is 0 Å². The summed E-state index contributed by atoms with van der Waals surface area (Å²) in [6, 6.07) is 7.56. The summed E-state index contributed by atoms with van der Waals surface area (Å²) in [4.78, 5) is 30.3. The maximum absolute atomic E-state index is 14.4. The first-order chi connectivity index (χ1) is 28.2. The van der Waals surface area contributed by atoms with Crippen LogP contribution < -0.4 is 5.30 Å². The van der Waals surface area contributed by atoms with Crippen molar-refractivity contribution in [3.63, 3.8) is 0 Å². The minimum Gasteiger partial charge on any atom is -0.480 e. The van der Waals surface area contributed by atoms with E-state index in [1.54, 1.807) is 0 Å². The third kappa shape index (κ3) is 23.2. The highest BCUT2D eigenvalue weighted by Gasteiger charge is 2.35. The lowest BCUT2D eigenvalue weighted by Crippen LogP contribution is -2.57. The van der Waals surface area contributed by atoms with Crippen molar-refractivity contribution in [1.29, 1.82) is 0 Å². The SMILES string of the molecule is CCN(CC(=O)O)C(Cc1ccc(P(=O)(OCCCCCCCCCCCCCCCCCCO)OCC[N+](C)(C)C)cc1)CN(CC(=O)O)C1CCCCC1N(C)C. The number of aliphatic carboxylic acids is 2. The summed E-state index contributed by atoms with van der Waals surface area (Å²) in [6.45, 7) is 4.30. The van der Waals surface area contributed by atoms with E-state index in [1.165, 1.54) is 70.6 Å². The maximum atomic E-state index is 14.4. The molecule has 13 heteroatoms. The van der Waals surface area contributed by atoms with Gasteiger partial charge in [-0.2, -0.15) is 0 Å². The van der Waals surface area contributed by atoms with Crippen molar-refractivity contribution < 1.29 is 43.0 Å². The second-order valence-electron chi connectivity index (χ2n) is 18.2. The Morgan fingerprint density at radius 3 is 1.66 bits per heavy atom. The lowest BCUT2D eigenvalue weighted by molar-refractivity contribution is -0.870. The molecule has 1 aromatic carbocycles. The van der Waals surface area contributed by atoms with Crippen LogP contribution in [-0.4, -0.2) is 152 Å². The van der Waals surface area contributed by atoms with Crippen molar-refractivity contribution in [3.8, 4) is 0 Å². The van der Waals surface area contributed by atoms with Gasteiger partial charge in [-0.3, -0.25) is 28.5 Å². The van der Waals surface area contributed by atoms with Crippen molar-refractivity contribution in [2.75, 3.05) is 87.8 Å². The highest BCUT2D eigenvalue weighted by molar-refractivity contribution is 7.62. The fourth-order valence-corrected chi connectivity index (χ4v) is 10.0. The number of unbranched alkanes of at least 4 members (excludes halogenated alkanes) is 15. The largest absolute Gasteiger partial charge is 0.480 e. The standard InChI is InChI=1S/C46H85N4O8P/c1-7-48(38-45(52)53)41(37-49(39-46(54)55)44-27-23-22-26-43(44)47(2)3)36-40-28-30-42(31-29-40)59(56,58-35-32-50(4,5)6)57-34-25-21-19-17-15-13-11-9-8-10-12-14-16-18-20-24-33-51/h28-31,41,43-44,51H,7-27,32-39H2,1-6H3,(H-,52,53,54,55)/p+1. The fraction of sp³-hybridized carbons (Fsp3) is 0.826. The summed E-state index contributed by atoms with van der Waals surface area (Å²) < 4.78 is 27.3. The molecule has 12 nitrogen and oxygen atoms in total. The Hall–Kier alpha value is -1.89. The molecule has 0 aromatic heterocycles. The van der Waals surface area contributed by atoms with E-state index in [4.69, 9.17) is 14.2 Å². The van der Waals surface area contributed by atoms with Crippen LogP contribution in [0.2, 0.25) is 0 Å². The molecule has 0 radical (unpaired) electrons. The van der Waals surface area contributed by atoms with E-state index in [1.807, 2.05) is 36.1 Å². The van der Waals surface area contributed by atoms with E-state index in [2.05, 4.69) is 45.0 Å². The highest BCUT2D eigenvalue weighted by atomic mass is 31.2. The van der Waals surface area contributed by atoms with E-state index in [9.17, 15) is 24.4 Å². The second kappa shape index (κ2) is 30.2. The number of hydrogen-bond donors (Lipinski definition) is 3. The van der Waals surface area contributed by atoms with Crippen LogP contribution in [0.1, 0.15) is 141 Å². The van der Waals surface area contributed by atoms with Crippen molar-refractivity contribution in [2.45, 2.75) is 160 Å². The summed E-state index contributed by atoms with van der Waals surface area (Å²) in [6.07, 6.45) is 23.9. The van der Waals surface area contributed by atoms with E-state index >= 15 is 0 Å². The Morgan fingerprint density at radius 2 is 1.20 bits per heavy atom. The number of rotatable bonds is 36. The molecule has 3 N–H and O–H groups in total. The fourth-order valence-electron chi connectivity index (χ4n) is 8.44. The molecule has 2 rings (SSSR count). The monoisotopic (exact) mass is 854 g/mol. The Labute approximate surface area is 359 Å². The molecule has 59 heavy (non-hydrogen) atoms. The highest BCUT2D eigenvalue weighted by Crippen LogP contribution is 2.47. The van der Waals surface area contributed by atoms with Crippen molar-refractivity contribution in [2.24, 2.45) is 0 Å². The number of quaternary nitrogens is 1. The number of hydrogen-bond acceptors (Lipinski definition) is 9. The van der Waals surface area contributed by atoms with Crippen LogP contribution in [0.4, 0.5) is 0 Å². The molecule has 0 bridgehead atoms. The molecule has 0 amide bonds. The van der Waals surface area contributed by atoms with Crippen molar-refractivity contribution in [3.05, 3.63) is 29.8 Å². The quantitative estimate of drug-likeness (QED) is 0.0343. The van der Waals surface area contributed by atoms with Gasteiger partial charge in [0.15, 0.2) is 0 Å². The minimum absolute atomic E-state index is 0.0598. The maximum Gasteiger partial charge on any atom is 0.361 e. The normalized spacial score (nSPS) is 17.8. The van der Waals surface area contributed by atoms with Gasteiger partial charge in [0.1, 0.15) is 13.2 Å². The predicted octanol–water partition coefficient (Wildman–Crippen LogP) is 8.06. The molecule has 0 saturated heterocycles. The first-order valence-corrected chi connectivity index (χ1v) is 24.7. The molecular weight excluding hydrogens is 767 g/mol. The Kier molecular flexibility index (Phi) is 27.3. The molecule has 1 aliphatic rings. The van der Waals surface area contributed by atoms with Crippen LogP contribution in [-0.2, 0) is 29.6 Å². The molecule has 4 unspecified atom stereocenters. The number of carboxylic acids is 2. The average molecular weight is 854 g/mol. The number of aliphatic hydroxyl groups is 1. The molecule has 1 aliphatic carbocycles. The third-order valence-electron chi connectivity index (χ3n) is 11.9. The zero-order valence-corrected chi connectivity index (χ0v) is 39.1. The molecule has 1 fully saturated rings. The van der Waals surface area contributed by atoms with Crippen LogP contribution in [0.25, 0.3) is 0 Å². The lowest BCUT2D eigenvalue weighted by Gasteiger charge is -2.44. The summed E-state index contributed by atoms with van der Waals surface area (Å²) in [5, 5.41) is 29.2. The summed E-state index contributed by atoms with van der Waals surface area (Å²) in [7, 11) is 6.71. The molecule has 0 heterocycles. The van der Waals surface area contributed by atoms with Crippen LogP contribution in [0, 0.1) is 0 Å². The molecule has 1 aromatic rings. The van der Waals surface area contributed by atoms with Crippen LogP contribution in [0.15, 0.2) is 24.3 Å². The zero-order chi connectivity index (χ0) is 43.5. The summed E-state index contributed by atoms with van der Waals surface area (Å²) >= 11 is 0. The van der Waals surface area contributed by atoms with E-state index in [0.717, 1.165) is 63.4 Å². The van der Waals surface area contributed by atoms with Crippen LogP contribution in [0.5, 0.6) is 0 Å². The van der Waals surface area contributed by atoms with E-state index in [-0.39, 0.29) is 31.2 Å². The first kappa shape index (κ1) is 53.2. The Morgan fingerprint density at radius 1 is 0.729 bits per heavy atom. The van der Waals surface area contributed by atoms with Gasteiger partial charge in [-0.1, -0.05) is 122 Å². The number of nitrogens with zero attached hydrogens (tertiary/aromatic N) is 4. The molecule has 0 spiro atoms. The molecular formula is C46H86N4O8P+. The van der Waals surface area contributed by atoms with Gasteiger partial charge in [0.05, 0.1) is 46.1 Å². The van der Waals surface area contributed by atoms with Gasteiger partial charge < -0.3 is 29.2 Å². The number of carbonyl (C=O) groups is 2. The molecule has 1 saturated carbocycles. The van der Waals surface area contributed by atoms with E-state index < -0.39 is 19.5 Å². The second-order valence-corrected chi connectivity index (χ2v) is 20.3. The van der Waals surface area contributed by atoms with Crippen LogP contribution >= 0.6 is 7.60 Å². The molecule has 342 valence electrons. The van der Waals surface area contributed by atoms with Gasteiger partial charge in [0, 0.05) is 31.3 Å². The summed E-state index contributed by atoms with van der Waals surface area (Å²) in [5.74, 6) is -1.80.